The fourth-order valence-electron chi connectivity index (χ4n) is 1.72. The lowest BCUT2D eigenvalue weighted by molar-refractivity contribution is 0.279. The number of aryl methyl sites for hydroxylation is 2. The summed E-state index contributed by atoms with van der Waals surface area (Å²) in [5, 5.41) is 4.40. The zero-order chi connectivity index (χ0) is 14.0. The number of benzene rings is 1. The van der Waals surface area contributed by atoms with Gasteiger partial charge in [-0.3, -0.25) is 4.68 Å². The third-order valence-electron chi connectivity index (χ3n) is 2.78. The highest BCUT2D eigenvalue weighted by Gasteiger charge is 2.14. The predicted molar refractivity (Wildman–Crippen MR) is 76.0 cm³/mol. The van der Waals surface area contributed by atoms with Crippen molar-refractivity contribution in [2.45, 2.75) is 20.0 Å². The summed E-state index contributed by atoms with van der Waals surface area (Å²) in [6.07, 6.45) is 0.819. The van der Waals surface area contributed by atoms with Gasteiger partial charge in [-0.2, -0.15) is 5.10 Å². The van der Waals surface area contributed by atoms with Crippen LogP contribution in [0.25, 0.3) is 0 Å². The molecular weight excluding hydrogens is 335 g/mol. The SMILES string of the molecule is CCc1nn(C)c(COc2cccc(Cl)c2F)c1Br. The number of hydrogen-bond acceptors (Lipinski definition) is 2. The summed E-state index contributed by atoms with van der Waals surface area (Å²) in [5.41, 5.74) is 1.81. The summed E-state index contributed by atoms with van der Waals surface area (Å²) < 4.78 is 21.8. The molecule has 19 heavy (non-hydrogen) atoms. The molecule has 0 saturated carbocycles. The summed E-state index contributed by atoms with van der Waals surface area (Å²) in [7, 11) is 1.83. The molecule has 0 aliphatic heterocycles. The third kappa shape index (κ3) is 2.92. The van der Waals surface area contributed by atoms with Gasteiger partial charge in [0.2, 0.25) is 0 Å². The van der Waals surface area contributed by atoms with Crippen LogP contribution in [0.15, 0.2) is 22.7 Å². The molecule has 0 unspecified atom stereocenters. The van der Waals surface area contributed by atoms with Crippen LogP contribution in [0.2, 0.25) is 5.02 Å². The highest BCUT2D eigenvalue weighted by molar-refractivity contribution is 9.10. The van der Waals surface area contributed by atoms with Gasteiger partial charge in [-0.25, -0.2) is 4.39 Å². The normalized spacial score (nSPS) is 10.8. The van der Waals surface area contributed by atoms with E-state index in [2.05, 4.69) is 21.0 Å². The number of hydrogen-bond donors (Lipinski definition) is 0. The molecule has 3 nitrogen and oxygen atoms in total. The van der Waals surface area contributed by atoms with Crippen LogP contribution < -0.4 is 4.74 Å². The molecular formula is C13H13BrClFN2O. The molecule has 0 bridgehead atoms. The highest BCUT2D eigenvalue weighted by Crippen LogP contribution is 2.27. The molecule has 1 heterocycles. The van der Waals surface area contributed by atoms with Crippen molar-refractivity contribution < 1.29 is 9.13 Å². The molecule has 1 aromatic heterocycles. The lowest BCUT2D eigenvalue weighted by Gasteiger charge is -2.08. The first-order chi connectivity index (χ1) is 9.04. The first-order valence-electron chi connectivity index (χ1n) is 5.81. The largest absolute Gasteiger partial charge is 0.484 e. The molecule has 2 aromatic rings. The van der Waals surface area contributed by atoms with Crippen molar-refractivity contribution in [2.75, 3.05) is 0 Å². The second kappa shape index (κ2) is 5.92. The Kier molecular flexibility index (Phi) is 4.47. The number of nitrogens with zero attached hydrogens (tertiary/aromatic N) is 2. The minimum absolute atomic E-state index is 0.0517. The molecule has 0 aliphatic rings. The van der Waals surface area contributed by atoms with Gasteiger partial charge in [0.25, 0.3) is 0 Å². The Bertz CT molecular complexity index is 601. The maximum atomic E-state index is 13.7. The molecule has 0 aliphatic carbocycles. The minimum atomic E-state index is -0.543. The average molecular weight is 348 g/mol. The number of aromatic nitrogens is 2. The lowest BCUT2D eigenvalue weighted by atomic mass is 10.3. The third-order valence-corrected chi connectivity index (χ3v) is 3.99. The van der Waals surface area contributed by atoms with Crippen LogP contribution in [-0.2, 0) is 20.1 Å². The molecule has 1 aromatic carbocycles. The second-order valence-corrected chi connectivity index (χ2v) is 5.23. The smallest absolute Gasteiger partial charge is 0.183 e. The quantitative estimate of drug-likeness (QED) is 0.832. The van der Waals surface area contributed by atoms with Gasteiger partial charge in [0.05, 0.1) is 20.9 Å². The van der Waals surface area contributed by atoms with Crippen molar-refractivity contribution in [1.29, 1.82) is 0 Å². The van der Waals surface area contributed by atoms with E-state index >= 15 is 0 Å². The van der Waals surface area contributed by atoms with Gasteiger partial charge in [0.15, 0.2) is 11.6 Å². The first kappa shape index (κ1) is 14.3. The Balaban J connectivity index is 2.19. The van der Waals surface area contributed by atoms with Crippen LogP contribution in [-0.4, -0.2) is 9.78 Å². The van der Waals surface area contributed by atoms with Crippen LogP contribution in [0.3, 0.4) is 0 Å². The zero-order valence-electron chi connectivity index (χ0n) is 10.6. The average Bonchev–Trinajstić information content (AvgIpc) is 2.66. The van der Waals surface area contributed by atoms with Gasteiger partial charge in [0, 0.05) is 7.05 Å². The molecule has 0 saturated heterocycles. The van der Waals surface area contributed by atoms with Crippen molar-refractivity contribution >= 4 is 27.5 Å². The molecule has 0 N–H and O–H groups in total. The van der Waals surface area contributed by atoms with Crippen LogP contribution >= 0.6 is 27.5 Å². The van der Waals surface area contributed by atoms with E-state index in [1.165, 1.54) is 6.07 Å². The Labute approximate surface area is 124 Å². The highest BCUT2D eigenvalue weighted by atomic mass is 79.9. The molecule has 0 radical (unpaired) electrons. The van der Waals surface area contributed by atoms with E-state index in [0.29, 0.717) is 0 Å². The van der Waals surface area contributed by atoms with E-state index in [9.17, 15) is 4.39 Å². The molecule has 102 valence electrons. The van der Waals surface area contributed by atoms with E-state index in [1.54, 1.807) is 16.8 Å². The van der Waals surface area contributed by atoms with E-state index < -0.39 is 5.82 Å². The zero-order valence-corrected chi connectivity index (χ0v) is 12.9. The van der Waals surface area contributed by atoms with Gasteiger partial charge in [-0.05, 0) is 34.5 Å². The van der Waals surface area contributed by atoms with E-state index in [0.717, 1.165) is 22.3 Å². The van der Waals surface area contributed by atoms with Crippen LogP contribution in [0, 0.1) is 5.82 Å². The summed E-state index contributed by atoms with van der Waals surface area (Å²) >= 11 is 9.19. The van der Waals surface area contributed by atoms with Gasteiger partial charge in [0.1, 0.15) is 6.61 Å². The maximum Gasteiger partial charge on any atom is 0.183 e. The fourth-order valence-corrected chi connectivity index (χ4v) is 2.61. The van der Waals surface area contributed by atoms with Crippen LogP contribution in [0.4, 0.5) is 4.39 Å². The summed E-state index contributed by atoms with van der Waals surface area (Å²) in [6.45, 7) is 2.25. The molecule has 0 fully saturated rings. The van der Waals surface area contributed by atoms with E-state index in [1.807, 2.05) is 14.0 Å². The monoisotopic (exact) mass is 346 g/mol. The van der Waals surface area contributed by atoms with Gasteiger partial charge in [-0.15, -0.1) is 0 Å². The Morgan fingerprint density at radius 1 is 1.47 bits per heavy atom. The van der Waals surface area contributed by atoms with Crippen molar-refractivity contribution in [3.05, 3.63) is 44.9 Å². The topological polar surface area (TPSA) is 27.1 Å². The number of ether oxygens (including phenoxy) is 1. The predicted octanol–water partition coefficient (Wildman–Crippen LogP) is 4.12. The second-order valence-electron chi connectivity index (χ2n) is 4.03. The van der Waals surface area contributed by atoms with Crippen LogP contribution in [0.1, 0.15) is 18.3 Å². The molecule has 0 amide bonds. The van der Waals surface area contributed by atoms with E-state index in [4.69, 9.17) is 16.3 Å². The summed E-state index contributed by atoms with van der Waals surface area (Å²) in [4.78, 5) is 0. The Hall–Kier alpha value is -1.07. The summed E-state index contributed by atoms with van der Waals surface area (Å²) in [6, 6.07) is 4.68. The van der Waals surface area contributed by atoms with E-state index in [-0.39, 0.29) is 17.4 Å². The molecule has 2 rings (SSSR count). The van der Waals surface area contributed by atoms with Crippen molar-refractivity contribution in [2.24, 2.45) is 7.05 Å². The summed E-state index contributed by atoms with van der Waals surface area (Å²) in [5.74, 6) is -0.406. The maximum absolute atomic E-state index is 13.7. The van der Waals surface area contributed by atoms with Gasteiger partial charge < -0.3 is 4.74 Å². The molecule has 0 spiro atoms. The van der Waals surface area contributed by atoms with Crippen LogP contribution in [0.5, 0.6) is 5.75 Å². The van der Waals surface area contributed by atoms with Gasteiger partial charge in [-0.1, -0.05) is 24.6 Å². The van der Waals surface area contributed by atoms with Crippen molar-refractivity contribution in [1.82, 2.24) is 9.78 Å². The first-order valence-corrected chi connectivity index (χ1v) is 6.98. The number of halogens is 3. The van der Waals surface area contributed by atoms with Crippen molar-refractivity contribution in [3.63, 3.8) is 0 Å². The van der Waals surface area contributed by atoms with Gasteiger partial charge >= 0.3 is 0 Å². The standard InChI is InChI=1S/C13H13BrClFN2O/c1-3-9-12(14)10(18(2)17-9)7-19-11-6-4-5-8(15)13(11)16/h4-6H,3,7H2,1-2H3. The molecule has 0 atom stereocenters. The molecule has 6 heteroatoms. The number of rotatable bonds is 4. The minimum Gasteiger partial charge on any atom is -0.484 e. The Morgan fingerprint density at radius 3 is 2.84 bits per heavy atom. The lowest BCUT2D eigenvalue weighted by Crippen LogP contribution is -2.04. The van der Waals surface area contributed by atoms with Crippen molar-refractivity contribution in [3.8, 4) is 5.75 Å². The Morgan fingerprint density at radius 2 is 2.21 bits per heavy atom. The fraction of sp³-hybridized carbons (Fsp3) is 0.308.